The summed E-state index contributed by atoms with van der Waals surface area (Å²) in [6, 6.07) is 27.8. The van der Waals surface area contributed by atoms with Crippen LogP contribution in [0.2, 0.25) is 0 Å². The number of benzene rings is 4. The Morgan fingerprint density at radius 3 is 2.43 bits per heavy atom. The highest BCUT2D eigenvalue weighted by Crippen LogP contribution is 2.37. The topological polar surface area (TPSA) is 69.6 Å². The monoisotopic (exact) mass is 462 g/mol. The minimum atomic E-state index is -0.560. The van der Waals surface area contributed by atoms with Gasteiger partial charge in [0.2, 0.25) is 11.8 Å². The second kappa shape index (κ2) is 9.47. The molecule has 0 aliphatic carbocycles. The van der Waals surface area contributed by atoms with Crippen LogP contribution < -0.4 is 5.32 Å². The molecule has 2 N–H and O–H groups in total. The van der Waals surface area contributed by atoms with E-state index in [1.54, 1.807) is 17.2 Å². The fraction of sp³-hybridized carbons (Fsp3) is 0.133. The number of phenols is 1. The first-order chi connectivity index (χ1) is 17.0. The SMILES string of the molecule is CC(=O)N1C=Cc2ccccc2C1CC(=O)NC(c1ccccc1)c1c(O)ccc2ccccc12. The zero-order chi connectivity index (χ0) is 24.4. The standard InChI is InChI=1S/C30H26N2O3/c1-20(33)32-18-17-22-10-5-7-13-24(22)26(32)19-28(35)31-30(23-11-3-2-4-12-23)29-25-14-8-6-9-21(25)15-16-27(29)34/h2-18,26,30,34H,19H2,1H3,(H,31,35). The quantitative estimate of drug-likeness (QED) is 0.399. The smallest absolute Gasteiger partial charge is 0.223 e. The minimum Gasteiger partial charge on any atom is -0.508 e. The number of nitrogens with zero attached hydrogens (tertiary/aromatic N) is 1. The highest BCUT2D eigenvalue weighted by molar-refractivity contribution is 5.90. The molecule has 0 spiro atoms. The molecule has 0 saturated heterocycles. The van der Waals surface area contributed by atoms with E-state index >= 15 is 0 Å². The van der Waals surface area contributed by atoms with Gasteiger partial charge in [0.25, 0.3) is 0 Å². The van der Waals surface area contributed by atoms with Crippen LogP contribution in [0.1, 0.15) is 47.7 Å². The Hall–Kier alpha value is -4.38. The summed E-state index contributed by atoms with van der Waals surface area (Å²) in [4.78, 5) is 27.5. The van der Waals surface area contributed by atoms with Crippen LogP contribution in [0.15, 0.2) is 97.2 Å². The lowest BCUT2D eigenvalue weighted by molar-refractivity contribution is -0.130. The Labute approximate surface area is 204 Å². The molecule has 5 nitrogen and oxygen atoms in total. The lowest BCUT2D eigenvalue weighted by Crippen LogP contribution is -2.36. The fourth-order valence-corrected chi connectivity index (χ4v) is 4.86. The van der Waals surface area contributed by atoms with E-state index in [1.165, 1.54) is 6.92 Å². The van der Waals surface area contributed by atoms with Crippen LogP contribution in [0.4, 0.5) is 0 Å². The fourth-order valence-electron chi connectivity index (χ4n) is 4.86. The maximum Gasteiger partial charge on any atom is 0.223 e. The Morgan fingerprint density at radius 1 is 0.914 bits per heavy atom. The highest BCUT2D eigenvalue weighted by atomic mass is 16.3. The van der Waals surface area contributed by atoms with Crippen molar-refractivity contribution in [2.75, 3.05) is 0 Å². The van der Waals surface area contributed by atoms with Gasteiger partial charge >= 0.3 is 0 Å². The van der Waals surface area contributed by atoms with Gasteiger partial charge in [0, 0.05) is 18.7 Å². The second-order valence-electron chi connectivity index (χ2n) is 8.72. The molecule has 0 radical (unpaired) electrons. The van der Waals surface area contributed by atoms with Crippen molar-refractivity contribution in [3.8, 4) is 5.75 Å². The predicted molar refractivity (Wildman–Crippen MR) is 137 cm³/mol. The van der Waals surface area contributed by atoms with Crippen molar-refractivity contribution in [1.29, 1.82) is 0 Å². The summed E-state index contributed by atoms with van der Waals surface area (Å²) in [5.41, 5.74) is 3.44. The van der Waals surface area contributed by atoms with Gasteiger partial charge in [-0.2, -0.15) is 0 Å². The molecule has 35 heavy (non-hydrogen) atoms. The molecular formula is C30H26N2O3. The molecule has 1 aliphatic heterocycles. The van der Waals surface area contributed by atoms with Crippen molar-refractivity contribution >= 4 is 28.7 Å². The number of rotatable bonds is 5. The number of fused-ring (bicyclic) bond motifs is 2. The molecule has 5 heteroatoms. The molecule has 174 valence electrons. The largest absolute Gasteiger partial charge is 0.508 e. The summed E-state index contributed by atoms with van der Waals surface area (Å²) in [5.74, 6) is -0.221. The maximum atomic E-state index is 13.5. The van der Waals surface area contributed by atoms with Crippen molar-refractivity contribution < 1.29 is 14.7 Å². The molecule has 1 aliphatic rings. The number of hydrogen-bond donors (Lipinski definition) is 2. The Morgan fingerprint density at radius 2 is 1.63 bits per heavy atom. The summed E-state index contributed by atoms with van der Waals surface area (Å²) < 4.78 is 0. The molecule has 5 rings (SSSR count). The molecule has 2 amide bonds. The first kappa shape index (κ1) is 22.4. The zero-order valence-corrected chi connectivity index (χ0v) is 19.4. The second-order valence-corrected chi connectivity index (χ2v) is 8.72. The third-order valence-corrected chi connectivity index (χ3v) is 6.52. The van der Waals surface area contributed by atoms with Gasteiger partial charge in [-0.25, -0.2) is 0 Å². The third-order valence-electron chi connectivity index (χ3n) is 6.52. The van der Waals surface area contributed by atoms with E-state index < -0.39 is 12.1 Å². The molecule has 2 unspecified atom stereocenters. The van der Waals surface area contributed by atoms with Crippen LogP contribution in [-0.2, 0) is 9.59 Å². The number of carbonyl (C=O) groups excluding carboxylic acids is 2. The molecule has 4 aromatic carbocycles. The molecule has 0 fully saturated rings. The Balaban J connectivity index is 1.52. The Kier molecular flexibility index (Phi) is 6.06. The van der Waals surface area contributed by atoms with E-state index in [-0.39, 0.29) is 24.0 Å². The maximum absolute atomic E-state index is 13.5. The molecule has 0 saturated carbocycles. The van der Waals surface area contributed by atoms with E-state index in [1.807, 2.05) is 91.0 Å². The number of hydrogen-bond acceptors (Lipinski definition) is 3. The lowest BCUT2D eigenvalue weighted by atomic mass is 9.91. The molecule has 0 bridgehead atoms. The van der Waals surface area contributed by atoms with Crippen molar-refractivity contribution in [3.63, 3.8) is 0 Å². The van der Waals surface area contributed by atoms with Crippen molar-refractivity contribution in [3.05, 3.63) is 119 Å². The van der Waals surface area contributed by atoms with Crippen molar-refractivity contribution in [2.45, 2.75) is 25.4 Å². The summed E-state index contributed by atoms with van der Waals surface area (Å²) >= 11 is 0. The lowest BCUT2D eigenvalue weighted by Gasteiger charge is -2.33. The van der Waals surface area contributed by atoms with Crippen LogP contribution in [0.3, 0.4) is 0 Å². The summed E-state index contributed by atoms with van der Waals surface area (Å²) in [5, 5.41) is 15.9. The van der Waals surface area contributed by atoms with Gasteiger partial charge in [-0.05, 0) is 39.6 Å². The molecule has 1 heterocycles. The average molecular weight is 463 g/mol. The van der Waals surface area contributed by atoms with Crippen molar-refractivity contribution in [1.82, 2.24) is 10.2 Å². The molecule has 4 aromatic rings. The average Bonchev–Trinajstić information content (AvgIpc) is 2.88. The van der Waals surface area contributed by atoms with E-state index in [2.05, 4.69) is 5.32 Å². The predicted octanol–water partition coefficient (Wildman–Crippen LogP) is 5.72. The number of carbonyl (C=O) groups is 2. The van der Waals surface area contributed by atoms with Crippen molar-refractivity contribution in [2.24, 2.45) is 0 Å². The van der Waals surface area contributed by atoms with Gasteiger partial charge in [-0.15, -0.1) is 0 Å². The van der Waals surface area contributed by atoms with Gasteiger partial charge in [-0.3, -0.25) is 9.59 Å². The number of nitrogens with one attached hydrogen (secondary N) is 1. The van der Waals surface area contributed by atoms with E-state index in [0.29, 0.717) is 5.56 Å². The number of amides is 2. The molecular weight excluding hydrogens is 436 g/mol. The summed E-state index contributed by atoms with van der Waals surface area (Å²) in [6.07, 6.45) is 3.73. The third kappa shape index (κ3) is 4.41. The van der Waals surface area contributed by atoms with Crippen LogP contribution in [-0.4, -0.2) is 21.8 Å². The van der Waals surface area contributed by atoms with Gasteiger partial charge in [0.05, 0.1) is 18.5 Å². The zero-order valence-electron chi connectivity index (χ0n) is 19.4. The van der Waals surface area contributed by atoms with Gasteiger partial charge in [0.1, 0.15) is 5.75 Å². The minimum absolute atomic E-state index is 0.0931. The van der Waals surface area contributed by atoms with Crippen LogP contribution in [0.25, 0.3) is 16.8 Å². The highest BCUT2D eigenvalue weighted by Gasteiger charge is 2.30. The van der Waals surface area contributed by atoms with E-state index in [9.17, 15) is 14.7 Å². The van der Waals surface area contributed by atoms with E-state index in [4.69, 9.17) is 0 Å². The summed E-state index contributed by atoms with van der Waals surface area (Å²) in [6.45, 7) is 1.50. The Bertz CT molecular complexity index is 1430. The first-order valence-electron chi connectivity index (χ1n) is 11.6. The van der Waals surface area contributed by atoms with Crippen LogP contribution in [0, 0.1) is 0 Å². The summed E-state index contributed by atoms with van der Waals surface area (Å²) in [7, 11) is 0. The number of phenolic OH excluding ortho intramolecular Hbond substituents is 1. The molecule has 2 atom stereocenters. The van der Waals surface area contributed by atoms with E-state index in [0.717, 1.165) is 27.5 Å². The number of aromatic hydroxyl groups is 1. The normalized spacial score (nSPS) is 15.5. The van der Waals surface area contributed by atoms with Crippen LogP contribution >= 0.6 is 0 Å². The van der Waals surface area contributed by atoms with Crippen LogP contribution in [0.5, 0.6) is 5.75 Å². The first-order valence-corrected chi connectivity index (χ1v) is 11.6. The van der Waals surface area contributed by atoms with Gasteiger partial charge < -0.3 is 15.3 Å². The van der Waals surface area contributed by atoms with Gasteiger partial charge in [0.15, 0.2) is 0 Å². The molecule has 0 aromatic heterocycles. The van der Waals surface area contributed by atoms with Gasteiger partial charge in [-0.1, -0.05) is 84.9 Å².